The fourth-order valence-electron chi connectivity index (χ4n) is 2.42. The molecule has 1 fully saturated rings. The highest BCUT2D eigenvalue weighted by atomic mass is 79.9. The summed E-state index contributed by atoms with van der Waals surface area (Å²) in [5, 5.41) is 7.83. The second kappa shape index (κ2) is 5.38. The summed E-state index contributed by atoms with van der Waals surface area (Å²) in [7, 11) is -2.31. The third kappa shape index (κ3) is 3.01. The van der Waals surface area contributed by atoms with Gasteiger partial charge in [0.1, 0.15) is 4.90 Å². The predicted octanol–water partition coefficient (Wildman–Crippen LogP) is 1.23. The van der Waals surface area contributed by atoms with Crippen molar-refractivity contribution in [3.8, 4) is 0 Å². The van der Waals surface area contributed by atoms with E-state index in [1.54, 1.807) is 7.11 Å². The van der Waals surface area contributed by atoms with Crippen LogP contribution in [0.25, 0.3) is 0 Å². The van der Waals surface area contributed by atoms with Gasteiger partial charge in [0.05, 0.1) is 6.10 Å². The van der Waals surface area contributed by atoms with Crippen molar-refractivity contribution in [2.75, 3.05) is 7.11 Å². The lowest BCUT2D eigenvalue weighted by atomic mass is 9.64. The van der Waals surface area contributed by atoms with Crippen molar-refractivity contribution < 1.29 is 22.4 Å². The molecule has 0 aliphatic heterocycles. The third-order valence-electron chi connectivity index (χ3n) is 3.95. The molecule has 0 aromatic carbocycles. The molecule has 9 heteroatoms. The van der Waals surface area contributed by atoms with Gasteiger partial charge >= 0.3 is 0 Å². The molecule has 1 heterocycles. The van der Waals surface area contributed by atoms with E-state index in [4.69, 9.17) is 14.3 Å². The van der Waals surface area contributed by atoms with E-state index in [0.29, 0.717) is 6.42 Å². The number of furan rings is 1. The normalized spacial score (nSPS) is 24.4. The summed E-state index contributed by atoms with van der Waals surface area (Å²) in [5.74, 6) is -0.596. The first-order valence-electron chi connectivity index (χ1n) is 6.23. The molecule has 0 saturated heterocycles. The fourth-order valence-corrected chi connectivity index (χ4v) is 3.92. The Balaban J connectivity index is 2.13. The van der Waals surface area contributed by atoms with Crippen molar-refractivity contribution in [3.05, 3.63) is 16.5 Å². The van der Waals surface area contributed by atoms with Crippen molar-refractivity contribution >= 4 is 31.9 Å². The SMILES string of the molecule is COC1CC(NC(=O)c2cc(S(N)(=O)=O)c(Br)o2)C1(C)C. The molecule has 21 heavy (non-hydrogen) atoms. The Morgan fingerprint density at radius 2 is 2.19 bits per heavy atom. The van der Waals surface area contributed by atoms with E-state index in [0.717, 1.165) is 6.07 Å². The molecule has 0 bridgehead atoms. The van der Waals surface area contributed by atoms with Crippen LogP contribution < -0.4 is 10.5 Å². The highest BCUT2D eigenvalue weighted by molar-refractivity contribution is 9.10. The molecular weight excluding hydrogens is 364 g/mol. The smallest absolute Gasteiger partial charge is 0.287 e. The lowest BCUT2D eigenvalue weighted by Gasteiger charge is -2.51. The minimum Gasteiger partial charge on any atom is -0.443 e. The molecule has 1 saturated carbocycles. The van der Waals surface area contributed by atoms with Gasteiger partial charge in [0, 0.05) is 24.6 Å². The van der Waals surface area contributed by atoms with E-state index in [1.165, 1.54) is 0 Å². The summed E-state index contributed by atoms with van der Waals surface area (Å²) >= 11 is 2.94. The molecule has 0 radical (unpaired) electrons. The van der Waals surface area contributed by atoms with Crippen LogP contribution in [0.3, 0.4) is 0 Å². The quantitative estimate of drug-likeness (QED) is 0.815. The zero-order valence-electron chi connectivity index (χ0n) is 11.8. The molecule has 7 nitrogen and oxygen atoms in total. The van der Waals surface area contributed by atoms with Crippen LogP contribution >= 0.6 is 15.9 Å². The number of carbonyl (C=O) groups excluding carboxylic acids is 1. The Morgan fingerprint density at radius 3 is 2.62 bits per heavy atom. The summed E-state index contributed by atoms with van der Waals surface area (Å²) in [6.45, 7) is 3.98. The zero-order valence-corrected chi connectivity index (χ0v) is 14.2. The van der Waals surface area contributed by atoms with Gasteiger partial charge in [-0.05, 0) is 22.4 Å². The molecule has 2 atom stereocenters. The van der Waals surface area contributed by atoms with Crippen molar-refractivity contribution in [2.24, 2.45) is 10.6 Å². The van der Waals surface area contributed by atoms with Crippen molar-refractivity contribution in [1.82, 2.24) is 5.32 Å². The first kappa shape index (κ1) is 16.5. The number of nitrogens with one attached hydrogen (secondary N) is 1. The van der Waals surface area contributed by atoms with Crippen molar-refractivity contribution in [1.29, 1.82) is 0 Å². The highest BCUT2D eigenvalue weighted by Crippen LogP contribution is 2.42. The maximum Gasteiger partial charge on any atom is 0.287 e. The number of hydrogen-bond donors (Lipinski definition) is 2. The Morgan fingerprint density at radius 1 is 1.57 bits per heavy atom. The standard InChI is InChI=1S/C12H17BrN2O5S/c1-12(2)8(5-9(12)19-3)15-11(16)6-4-7(10(13)20-6)21(14,17)18/h4,8-9H,5H2,1-3H3,(H,15,16)(H2,14,17,18). The average molecular weight is 381 g/mol. The highest BCUT2D eigenvalue weighted by Gasteiger charge is 2.49. The summed E-state index contributed by atoms with van der Waals surface area (Å²) in [6.07, 6.45) is 0.769. The Labute approximate surface area is 131 Å². The molecular formula is C12H17BrN2O5S. The van der Waals surface area contributed by atoms with Gasteiger partial charge in [0.15, 0.2) is 10.4 Å². The Bertz CT molecular complexity index is 667. The lowest BCUT2D eigenvalue weighted by Crippen LogP contribution is -2.61. The number of rotatable bonds is 4. The van der Waals surface area contributed by atoms with Gasteiger partial charge < -0.3 is 14.5 Å². The molecule has 2 unspecified atom stereocenters. The zero-order chi connectivity index (χ0) is 16.0. The second-order valence-corrected chi connectivity index (χ2v) is 7.85. The van der Waals surface area contributed by atoms with Crippen LogP contribution in [-0.4, -0.2) is 33.6 Å². The molecule has 2 rings (SSSR count). The van der Waals surface area contributed by atoms with Crippen LogP contribution in [0.15, 0.2) is 20.0 Å². The number of ether oxygens (including phenoxy) is 1. The summed E-state index contributed by atoms with van der Waals surface area (Å²) in [6, 6.07) is 1.03. The molecule has 1 aliphatic rings. The largest absolute Gasteiger partial charge is 0.443 e. The number of methoxy groups -OCH3 is 1. The van der Waals surface area contributed by atoms with Gasteiger partial charge in [-0.2, -0.15) is 0 Å². The number of halogens is 1. The molecule has 118 valence electrons. The van der Waals surface area contributed by atoms with Gasteiger partial charge in [0.2, 0.25) is 10.0 Å². The maximum atomic E-state index is 12.1. The van der Waals surface area contributed by atoms with Gasteiger partial charge in [0.25, 0.3) is 5.91 Å². The van der Waals surface area contributed by atoms with Gasteiger partial charge in [-0.25, -0.2) is 13.6 Å². The number of primary sulfonamides is 1. The summed E-state index contributed by atoms with van der Waals surface area (Å²) in [4.78, 5) is 11.9. The van der Waals surface area contributed by atoms with Crippen LogP contribution in [-0.2, 0) is 14.8 Å². The summed E-state index contributed by atoms with van der Waals surface area (Å²) < 4.78 is 32.9. The van der Waals surface area contributed by atoms with Crippen molar-refractivity contribution in [3.63, 3.8) is 0 Å². The first-order chi connectivity index (χ1) is 9.57. The predicted molar refractivity (Wildman–Crippen MR) is 78.2 cm³/mol. The minimum absolute atomic E-state index is 0.0724. The van der Waals surface area contributed by atoms with Crippen LogP contribution in [0.4, 0.5) is 0 Å². The van der Waals surface area contributed by atoms with Crippen LogP contribution in [0, 0.1) is 5.41 Å². The van der Waals surface area contributed by atoms with E-state index >= 15 is 0 Å². The number of amides is 1. The average Bonchev–Trinajstić information content (AvgIpc) is 2.75. The maximum absolute atomic E-state index is 12.1. The second-order valence-electron chi connectivity index (χ2n) is 5.60. The fraction of sp³-hybridized carbons (Fsp3) is 0.583. The molecule has 1 amide bonds. The van der Waals surface area contributed by atoms with E-state index < -0.39 is 15.9 Å². The van der Waals surface area contributed by atoms with Gasteiger partial charge in [-0.1, -0.05) is 13.8 Å². The number of sulfonamides is 1. The molecule has 1 aromatic heterocycles. The van der Waals surface area contributed by atoms with Crippen LogP contribution in [0.2, 0.25) is 0 Å². The van der Waals surface area contributed by atoms with E-state index in [1.807, 2.05) is 13.8 Å². The van der Waals surface area contributed by atoms with Crippen molar-refractivity contribution in [2.45, 2.75) is 37.3 Å². The number of nitrogens with two attached hydrogens (primary N) is 1. The first-order valence-corrected chi connectivity index (χ1v) is 8.57. The number of hydrogen-bond acceptors (Lipinski definition) is 5. The minimum atomic E-state index is -3.94. The van der Waals surface area contributed by atoms with Crippen LogP contribution in [0.1, 0.15) is 30.8 Å². The molecule has 3 N–H and O–H groups in total. The van der Waals surface area contributed by atoms with E-state index in [9.17, 15) is 13.2 Å². The molecule has 0 spiro atoms. The monoisotopic (exact) mass is 380 g/mol. The summed E-state index contributed by atoms with van der Waals surface area (Å²) in [5.41, 5.74) is -0.197. The van der Waals surface area contributed by atoms with Crippen LogP contribution in [0.5, 0.6) is 0 Å². The topological polar surface area (TPSA) is 112 Å². The third-order valence-corrected chi connectivity index (χ3v) is 5.72. The van der Waals surface area contributed by atoms with E-state index in [-0.39, 0.29) is 32.9 Å². The van der Waals surface area contributed by atoms with Gasteiger partial charge in [-0.15, -0.1) is 0 Å². The Kier molecular flexibility index (Phi) is 4.22. The molecule has 1 aliphatic carbocycles. The number of carbonyl (C=O) groups is 1. The van der Waals surface area contributed by atoms with Gasteiger partial charge in [-0.3, -0.25) is 4.79 Å². The van der Waals surface area contributed by atoms with E-state index in [2.05, 4.69) is 21.2 Å². The molecule has 1 aromatic rings. The Hall–Kier alpha value is -0.900. The lowest BCUT2D eigenvalue weighted by molar-refractivity contribution is -0.0943.